The molecule has 0 bridgehead atoms. The summed E-state index contributed by atoms with van der Waals surface area (Å²) in [5.41, 5.74) is -1.59. The lowest BCUT2D eigenvalue weighted by atomic mass is 9.85. The van der Waals surface area contributed by atoms with Gasteiger partial charge in [0.2, 0.25) is 5.91 Å². The van der Waals surface area contributed by atoms with Gasteiger partial charge in [0.1, 0.15) is 5.60 Å². The smallest absolute Gasteiger partial charge is 0.244 e. The maximum Gasteiger partial charge on any atom is 0.244 e. The first-order valence-corrected chi connectivity index (χ1v) is 8.78. The van der Waals surface area contributed by atoms with Gasteiger partial charge < -0.3 is 25.7 Å². The number of amides is 1. The molecule has 0 aromatic rings. The lowest BCUT2D eigenvalue weighted by Gasteiger charge is -2.31. The van der Waals surface area contributed by atoms with Crippen LogP contribution in [-0.4, -0.2) is 56.8 Å². The highest BCUT2D eigenvalue weighted by molar-refractivity contribution is 5.87. The first kappa shape index (κ1) is 23.1. The monoisotopic (exact) mass is 345 g/mol. The molecule has 0 aliphatic heterocycles. The van der Waals surface area contributed by atoms with Crippen LogP contribution in [0.2, 0.25) is 0 Å². The quantitative estimate of drug-likeness (QED) is 0.359. The highest BCUT2D eigenvalue weighted by Crippen LogP contribution is 2.23. The third kappa shape index (κ3) is 7.75. The second kappa shape index (κ2) is 10.8. The molecule has 0 saturated heterocycles. The first-order valence-electron chi connectivity index (χ1n) is 8.78. The summed E-state index contributed by atoms with van der Waals surface area (Å²) in [5, 5.41) is 42.3. The number of carbonyl (C=O) groups is 1. The van der Waals surface area contributed by atoms with Crippen molar-refractivity contribution in [2.24, 2.45) is 11.8 Å². The molecule has 0 spiro atoms. The Labute approximate surface area is 145 Å². The van der Waals surface area contributed by atoms with Crippen LogP contribution >= 0.6 is 0 Å². The van der Waals surface area contributed by atoms with Crippen LogP contribution in [0.25, 0.3) is 0 Å². The number of rotatable bonds is 11. The topological polar surface area (TPSA) is 110 Å². The van der Waals surface area contributed by atoms with Gasteiger partial charge in [-0.15, -0.1) is 0 Å². The standard InChI is InChI=1S/C18H35NO5/c1-6-12(3)15(11-20)19-16(22)8-9-18(5,24)17(23)13(4)10-14(21)7-2/h8-9,12-15,17,20-21,23-24H,6-7,10-11H2,1-5H3,(H,19,22)/b9-8+/t12-,13-,14+,15+,17-,18+/m0/s1. The van der Waals surface area contributed by atoms with E-state index in [1.54, 1.807) is 6.92 Å². The van der Waals surface area contributed by atoms with E-state index in [2.05, 4.69) is 5.32 Å². The number of carbonyl (C=O) groups excluding carboxylic acids is 1. The fourth-order valence-electron chi connectivity index (χ4n) is 2.53. The van der Waals surface area contributed by atoms with Gasteiger partial charge in [-0.3, -0.25) is 4.79 Å². The van der Waals surface area contributed by atoms with Crippen molar-refractivity contribution in [3.8, 4) is 0 Å². The summed E-state index contributed by atoms with van der Waals surface area (Å²) >= 11 is 0. The summed E-state index contributed by atoms with van der Waals surface area (Å²) in [4.78, 5) is 12.0. The Hall–Kier alpha value is -0.950. The largest absolute Gasteiger partial charge is 0.394 e. The van der Waals surface area contributed by atoms with E-state index in [-0.39, 0.29) is 24.5 Å². The van der Waals surface area contributed by atoms with Crippen LogP contribution in [0.4, 0.5) is 0 Å². The van der Waals surface area contributed by atoms with Crippen LogP contribution in [0.3, 0.4) is 0 Å². The second-order valence-corrected chi connectivity index (χ2v) is 6.96. The van der Waals surface area contributed by atoms with Crippen LogP contribution in [0, 0.1) is 11.8 Å². The van der Waals surface area contributed by atoms with E-state index in [4.69, 9.17) is 0 Å². The van der Waals surface area contributed by atoms with Gasteiger partial charge in [0.25, 0.3) is 0 Å². The molecule has 0 aliphatic carbocycles. The molecular formula is C18H35NO5. The van der Waals surface area contributed by atoms with Crippen LogP contribution in [0.15, 0.2) is 12.2 Å². The van der Waals surface area contributed by atoms with Crippen molar-refractivity contribution in [3.05, 3.63) is 12.2 Å². The molecule has 0 fully saturated rings. The van der Waals surface area contributed by atoms with E-state index in [0.717, 1.165) is 6.42 Å². The van der Waals surface area contributed by atoms with Crippen LogP contribution < -0.4 is 5.32 Å². The molecule has 142 valence electrons. The summed E-state index contributed by atoms with van der Waals surface area (Å²) < 4.78 is 0. The number of aliphatic hydroxyl groups excluding tert-OH is 3. The van der Waals surface area contributed by atoms with Gasteiger partial charge in [0.15, 0.2) is 0 Å². The molecule has 6 nitrogen and oxygen atoms in total. The fourth-order valence-corrected chi connectivity index (χ4v) is 2.53. The van der Waals surface area contributed by atoms with E-state index in [9.17, 15) is 25.2 Å². The summed E-state index contributed by atoms with van der Waals surface area (Å²) in [6.45, 7) is 8.78. The molecule has 6 atom stereocenters. The Morgan fingerprint density at radius 2 is 1.75 bits per heavy atom. The first-order chi connectivity index (χ1) is 11.1. The molecule has 0 rings (SSSR count). The molecule has 0 saturated carbocycles. The minimum atomic E-state index is -1.59. The van der Waals surface area contributed by atoms with E-state index in [1.165, 1.54) is 19.1 Å². The Morgan fingerprint density at radius 3 is 2.21 bits per heavy atom. The van der Waals surface area contributed by atoms with Gasteiger partial charge in [-0.25, -0.2) is 0 Å². The fraction of sp³-hybridized carbons (Fsp3) is 0.833. The number of hydrogen-bond acceptors (Lipinski definition) is 5. The van der Waals surface area contributed by atoms with Crippen molar-refractivity contribution in [1.29, 1.82) is 0 Å². The molecule has 1 amide bonds. The molecule has 0 aliphatic rings. The Kier molecular flexibility index (Phi) is 10.4. The third-order valence-corrected chi connectivity index (χ3v) is 4.68. The zero-order valence-electron chi connectivity index (χ0n) is 15.6. The predicted molar refractivity (Wildman–Crippen MR) is 94.3 cm³/mol. The van der Waals surface area contributed by atoms with Gasteiger partial charge in [0, 0.05) is 6.08 Å². The highest BCUT2D eigenvalue weighted by atomic mass is 16.3. The Balaban J connectivity index is 4.76. The molecule has 0 unspecified atom stereocenters. The average Bonchev–Trinajstić information content (AvgIpc) is 2.56. The minimum absolute atomic E-state index is 0.133. The van der Waals surface area contributed by atoms with E-state index < -0.39 is 23.7 Å². The number of nitrogens with one attached hydrogen (secondary N) is 1. The molecule has 0 radical (unpaired) electrons. The maximum absolute atomic E-state index is 12.0. The van der Waals surface area contributed by atoms with E-state index in [0.29, 0.717) is 12.8 Å². The molecule has 0 heterocycles. The third-order valence-electron chi connectivity index (χ3n) is 4.68. The van der Waals surface area contributed by atoms with E-state index in [1.807, 2.05) is 20.8 Å². The lowest BCUT2D eigenvalue weighted by Crippen LogP contribution is -2.44. The van der Waals surface area contributed by atoms with Crippen molar-refractivity contribution in [3.63, 3.8) is 0 Å². The Bertz CT molecular complexity index is 397. The van der Waals surface area contributed by atoms with Crippen molar-refractivity contribution < 1.29 is 25.2 Å². The summed E-state index contributed by atoms with van der Waals surface area (Å²) in [6, 6.07) is -0.347. The number of aliphatic hydroxyl groups is 4. The molecular weight excluding hydrogens is 310 g/mol. The zero-order valence-corrected chi connectivity index (χ0v) is 15.6. The summed E-state index contributed by atoms with van der Waals surface area (Å²) in [7, 11) is 0. The summed E-state index contributed by atoms with van der Waals surface area (Å²) in [5.74, 6) is -0.620. The molecule has 6 heteroatoms. The highest BCUT2D eigenvalue weighted by Gasteiger charge is 2.33. The second-order valence-electron chi connectivity index (χ2n) is 6.96. The van der Waals surface area contributed by atoms with Crippen LogP contribution in [0.5, 0.6) is 0 Å². The SMILES string of the molecule is CC[C@@H](O)C[C@H](C)[C@H](O)[C@](C)(O)/C=C/C(=O)N[C@H](CO)[C@@H](C)CC. The van der Waals surface area contributed by atoms with Gasteiger partial charge >= 0.3 is 0 Å². The van der Waals surface area contributed by atoms with Gasteiger partial charge in [-0.1, -0.05) is 34.1 Å². The maximum atomic E-state index is 12.0. The molecule has 0 aromatic carbocycles. The van der Waals surface area contributed by atoms with Gasteiger partial charge in [-0.05, 0) is 37.7 Å². The van der Waals surface area contributed by atoms with E-state index >= 15 is 0 Å². The van der Waals surface area contributed by atoms with Crippen LogP contribution in [-0.2, 0) is 4.79 Å². The molecule has 0 aromatic heterocycles. The van der Waals surface area contributed by atoms with Crippen molar-refractivity contribution in [2.45, 2.75) is 77.7 Å². The average molecular weight is 345 g/mol. The lowest BCUT2D eigenvalue weighted by molar-refractivity contribution is -0.118. The Morgan fingerprint density at radius 1 is 1.17 bits per heavy atom. The van der Waals surface area contributed by atoms with Gasteiger partial charge in [0.05, 0.1) is 24.9 Å². The van der Waals surface area contributed by atoms with Crippen molar-refractivity contribution in [1.82, 2.24) is 5.32 Å². The van der Waals surface area contributed by atoms with Crippen molar-refractivity contribution in [2.75, 3.05) is 6.61 Å². The predicted octanol–water partition coefficient (Wildman–Crippen LogP) is 0.975. The van der Waals surface area contributed by atoms with Crippen LogP contribution in [0.1, 0.15) is 53.9 Å². The van der Waals surface area contributed by atoms with Gasteiger partial charge in [-0.2, -0.15) is 0 Å². The summed E-state index contributed by atoms with van der Waals surface area (Å²) in [6.07, 6.45) is 2.57. The zero-order chi connectivity index (χ0) is 18.9. The number of hydrogen-bond donors (Lipinski definition) is 5. The molecule has 24 heavy (non-hydrogen) atoms. The minimum Gasteiger partial charge on any atom is -0.394 e. The van der Waals surface area contributed by atoms with Crippen molar-refractivity contribution >= 4 is 5.91 Å². The normalized spacial score (nSPS) is 20.9. The molecule has 5 N–H and O–H groups in total.